The fourth-order valence-corrected chi connectivity index (χ4v) is 4.07. The molecule has 4 rings (SSSR count). The highest BCUT2D eigenvalue weighted by Gasteiger charge is 2.17. The first-order valence-electron chi connectivity index (χ1n) is 11.4. The van der Waals surface area contributed by atoms with Gasteiger partial charge in [0.25, 0.3) is 0 Å². The first-order chi connectivity index (χ1) is 15.7. The molecule has 0 amide bonds. The second-order valence-electron chi connectivity index (χ2n) is 8.40. The number of nitrogens with zero attached hydrogens (tertiary/aromatic N) is 4. The summed E-state index contributed by atoms with van der Waals surface area (Å²) < 4.78 is 10.9. The fraction of sp³-hybridized carbons (Fsp3) is 0.480. The minimum Gasteiger partial charge on any atom is -0.379 e. The van der Waals surface area contributed by atoms with Gasteiger partial charge in [0.15, 0.2) is 5.78 Å². The highest BCUT2D eigenvalue weighted by molar-refractivity contribution is 5.82. The maximum absolute atomic E-state index is 12.7. The number of anilines is 1. The predicted molar refractivity (Wildman–Crippen MR) is 126 cm³/mol. The molecule has 1 aromatic heterocycles. The molecule has 32 heavy (non-hydrogen) atoms. The number of rotatable bonds is 8. The Balaban J connectivity index is 1.47. The van der Waals surface area contributed by atoms with Crippen LogP contribution < -0.4 is 4.90 Å². The monoisotopic (exact) mass is 436 g/mol. The van der Waals surface area contributed by atoms with Gasteiger partial charge in [-0.2, -0.15) is 0 Å². The first kappa shape index (κ1) is 22.6. The molecule has 0 aliphatic carbocycles. The van der Waals surface area contributed by atoms with Crippen molar-refractivity contribution in [2.24, 2.45) is 4.99 Å². The van der Waals surface area contributed by atoms with Gasteiger partial charge in [0.2, 0.25) is 0 Å². The van der Waals surface area contributed by atoms with Crippen LogP contribution in [-0.4, -0.2) is 81.0 Å². The smallest absolute Gasteiger partial charge is 0.152 e. The minimum atomic E-state index is 0.188. The Morgan fingerprint density at radius 3 is 2.50 bits per heavy atom. The molecule has 170 valence electrons. The van der Waals surface area contributed by atoms with Gasteiger partial charge in [-0.15, -0.1) is 0 Å². The number of morpholine rings is 2. The maximum Gasteiger partial charge on any atom is 0.152 e. The lowest BCUT2D eigenvalue weighted by Gasteiger charge is -2.29. The molecule has 2 saturated heterocycles. The molecule has 7 heteroatoms. The zero-order valence-corrected chi connectivity index (χ0v) is 18.8. The number of aromatic nitrogens is 1. The summed E-state index contributed by atoms with van der Waals surface area (Å²) in [6.07, 6.45) is 2.23. The molecule has 0 spiro atoms. The van der Waals surface area contributed by atoms with Gasteiger partial charge in [-0.25, -0.2) is 0 Å². The van der Waals surface area contributed by atoms with Crippen molar-refractivity contribution in [3.05, 3.63) is 58.9 Å². The lowest BCUT2D eigenvalue weighted by Crippen LogP contribution is -2.40. The van der Waals surface area contributed by atoms with Crippen LogP contribution in [0.1, 0.15) is 22.5 Å². The Hall–Kier alpha value is -2.61. The molecule has 2 aliphatic heterocycles. The molecule has 2 aromatic rings. The van der Waals surface area contributed by atoms with E-state index in [1.807, 2.05) is 18.3 Å². The number of ketones is 1. The van der Waals surface area contributed by atoms with Gasteiger partial charge in [-0.3, -0.25) is 19.7 Å². The topological polar surface area (TPSA) is 67.3 Å². The van der Waals surface area contributed by atoms with E-state index in [-0.39, 0.29) is 5.78 Å². The average molecular weight is 437 g/mol. The molecular formula is C25H32N4O3. The zero-order chi connectivity index (χ0) is 22.2. The van der Waals surface area contributed by atoms with Gasteiger partial charge < -0.3 is 14.4 Å². The summed E-state index contributed by atoms with van der Waals surface area (Å²) in [6.45, 7) is 9.15. The zero-order valence-electron chi connectivity index (χ0n) is 18.8. The van der Waals surface area contributed by atoms with Crippen LogP contribution in [0, 0.1) is 6.92 Å². The van der Waals surface area contributed by atoms with E-state index in [9.17, 15) is 4.79 Å². The molecule has 0 N–H and O–H groups in total. The Morgan fingerprint density at radius 1 is 1.03 bits per heavy atom. The fourth-order valence-electron chi connectivity index (χ4n) is 4.07. The number of pyridine rings is 1. The van der Waals surface area contributed by atoms with Gasteiger partial charge in [0.05, 0.1) is 57.3 Å². The summed E-state index contributed by atoms with van der Waals surface area (Å²) in [6, 6.07) is 12.4. The van der Waals surface area contributed by atoms with E-state index in [0.29, 0.717) is 45.9 Å². The van der Waals surface area contributed by atoms with E-state index in [4.69, 9.17) is 14.5 Å². The highest BCUT2D eigenvalue weighted by atomic mass is 16.5. The Labute approximate surface area is 190 Å². The predicted octanol–water partition coefficient (Wildman–Crippen LogP) is 2.29. The number of hydrogen-bond donors (Lipinski definition) is 0. The van der Waals surface area contributed by atoms with E-state index in [1.54, 1.807) is 0 Å². The highest BCUT2D eigenvalue weighted by Crippen LogP contribution is 2.20. The van der Waals surface area contributed by atoms with Crippen molar-refractivity contribution in [3.8, 4) is 0 Å². The average Bonchev–Trinajstić information content (AvgIpc) is 2.80. The van der Waals surface area contributed by atoms with E-state index in [2.05, 4.69) is 46.0 Å². The quantitative estimate of drug-likeness (QED) is 0.592. The van der Waals surface area contributed by atoms with Gasteiger partial charge in [-0.05, 0) is 24.6 Å². The van der Waals surface area contributed by atoms with Crippen LogP contribution in [0.3, 0.4) is 0 Å². The molecule has 3 heterocycles. The van der Waals surface area contributed by atoms with Crippen LogP contribution in [-0.2, 0) is 27.2 Å². The van der Waals surface area contributed by atoms with Crippen molar-refractivity contribution >= 4 is 17.7 Å². The van der Waals surface area contributed by atoms with Crippen LogP contribution in [0.5, 0.6) is 0 Å². The third-order valence-corrected chi connectivity index (χ3v) is 5.71. The lowest BCUT2D eigenvalue weighted by atomic mass is 10.1. The van der Waals surface area contributed by atoms with Gasteiger partial charge in [0.1, 0.15) is 0 Å². The summed E-state index contributed by atoms with van der Waals surface area (Å²) in [7, 11) is 0. The van der Waals surface area contributed by atoms with Crippen LogP contribution in [0.2, 0.25) is 0 Å². The number of carbonyl (C=O) groups excluding carboxylic acids is 1. The molecule has 2 fully saturated rings. The summed E-state index contributed by atoms with van der Waals surface area (Å²) >= 11 is 0. The van der Waals surface area contributed by atoms with Gasteiger partial charge in [0, 0.05) is 38.1 Å². The van der Waals surface area contributed by atoms with Crippen molar-refractivity contribution in [1.82, 2.24) is 9.88 Å². The Bertz CT molecular complexity index is 935. The lowest BCUT2D eigenvalue weighted by molar-refractivity contribution is -0.120. The summed E-state index contributed by atoms with van der Waals surface area (Å²) in [4.78, 5) is 26.6. The van der Waals surface area contributed by atoms with E-state index in [1.165, 1.54) is 5.56 Å². The number of hydrogen-bond acceptors (Lipinski definition) is 7. The van der Waals surface area contributed by atoms with Gasteiger partial charge >= 0.3 is 0 Å². The van der Waals surface area contributed by atoms with E-state index < -0.39 is 0 Å². The molecular weight excluding hydrogens is 404 g/mol. The third-order valence-electron chi connectivity index (χ3n) is 5.71. The number of aryl methyl sites for hydroxylation is 1. The molecule has 0 saturated carbocycles. The number of benzene rings is 1. The first-order valence-corrected chi connectivity index (χ1v) is 11.4. The molecule has 0 bridgehead atoms. The minimum absolute atomic E-state index is 0.188. The second-order valence-corrected chi connectivity index (χ2v) is 8.40. The van der Waals surface area contributed by atoms with Crippen molar-refractivity contribution < 1.29 is 14.3 Å². The molecule has 2 aliphatic rings. The molecule has 0 radical (unpaired) electrons. The summed E-state index contributed by atoms with van der Waals surface area (Å²) in [5, 5.41) is 0. The number of carbonyl (C=O) groups is 1. The maximum atomic E-state index is 12.7. The largest absolute Gasteiger partial charge is 0.379 e. The van der Waals surface area contributed by atoms with Crippen molar-refractivity contribution in [1.29, 1.82) is 0 Å². The van der Waals surface area contributed by atoms with Crippen molar-refractivity contribution in [2.45, 2.75) is 19.9 Å². The van der Waals surface area contributed by atoms with Crippen LogP contribution in [0.15, 0.2) is 41.4 Å². The third kappa shape index (κ3) is 6.69. The van der Waals surface area contributed by atoms with Crippen LogP contribution in [0.25, 0.3) is 0 Å². The molecule has 1 aromatic carbocycles. The SMILES string of the molecule is Cc1cccc(C=NCc2cc(N3CCOCC3)cc(CC(=O)CN3CCOCC3)n2)c1. The molecule has 0 atom stereocenters. The van der Waals surface area contributed by atoms with E-state index >= 15 is 0 Å². The normalized spacial score (nSPS) is 17.7. The molecule has 7 nitrogen and oxygen atoms in total. The number of ether oxygens (including phenoxy) is 2. The summed E-state index contributed by atoms with van der Waals surface area (Å²) in [5.41, 5.74) is 5.08. The molecule has 0 unspecified atom stereocenters. The van der Waals surface area contributed by atoms with E-state index in [0.717, 1.165) is 48.8 Å². The number of aliphatic imine (C=N–C) groups is 1. The Kier molecular flexibility index (Phi) is 7.98. The second kappa shape index (κ2) is 11.3. The van der Waals surface area contributed by atoms with Crippen LogP contribution >= 0.6 is 0 Å². The standard InChI is InChI=1S/C25H32N4O3/c1-20-3-2-4-21(13-20)17-26-18-23-15-24(29-7-11-32-12-8-29)14-22(27-23)16-25(30)19-28-5-9-31-10-6-28/h2-4,13-15,17H,5-12,16,18-19H2,1H3. The van der Waals surface area contributed by atoms with Crippen molar-refractivity contribution in [2.75, 3.05) is 64.1 Å². The van der Waals surface area contributed by atoms with Gasteiger partial charge in [-0.1, -0.05) is 29.8 Å². The number of Topliss-reactive ketones (excluding diaryl/α,β-unsaturated/α-hetero) is 1. The summed E-state index contributed by atoms with van der Waals surface area (Å²) in [5.74, 6) is 0.188. The van der Waals surface area contributed by atoms with Crippen LogP contribution in [0.4, 0.5) is 5.69 Å². The van der Waals surface area contributed by atoms with Crippen molar-refractivity contribution in [3.63, 3.8) is 0 Å². The Morgan fingerprint density at radius 2 is 1.75 bits per heavy atom.